The molecule has 3 aromatic rings. The quantitative estimate of drug-likeness (QED) is 0.669. The molecule has 0 radical (unpaired) electrons. The average Bonchev–Trinajstić information content (AvgIpc) is 3.07. The Morgan fingerprint density at radius 3 is 2.85 bits per heavy atom. The van der Waals surface area contributed by atoms with Crippen LogP contribution in [0, 0.1) is 0 Å². The van der Waals surface area contributed by atoms with Crippen molar-refractivity contribution in [3.8, 4) is 0 Å². The van der Waals surface area contributed by atoms with Crippen molar-refractivity contribution in [1.82, 2.24) is 24.9 Å². The normalized spacial score (nSPS) is 10.8. The molecule has 102 valence electrons. The second kappa shape index (κ2) is 5.87. The summed E-state index contributed by atoms with van der Waals surface area (Å²) in [5, 5.41) is 12.6. The third-order valence-electron chi connectivity index (χ3n) is 2.71. The Kier molecular flexibility index (Phi) is 3.78. The zero-order valence-electron chi connectivity index (χ0n) is 10.9. The SMILES string of the molecule is Cn1cnnc1SCc1nc(Cc2ccccc2)no1. The van der Waals surface area contributed by atoms with Crippen LogP contribution in [0.1, 0.15) is 17.3 Å². The molecular weight excluding hydrogens is 274 g/mol. The molecule has 2 heterocycles. The van der Waals surface area contributed by atoms with Gasteiger partial charge >= 0.3 is 0 Å². The Morgan fingerprint density at radius 2 is 2.10 bits per heavy atom. The van der Waals surface area contributed by atoms with E-state index in [-0.39, 0.29) is 0 Å². The van der Waals surface area contributed by atoms with E-state index < -0.39 is 0 Å². The highest BCUT2D eigenvalue weighted by Crippen LogP contribution is 2.19. The summed E-state index contributed by atoms with van der Waals surface area (Å²) in [4.78, 5) is 4.38. The molecule has 0 aliphatic carbocycles. The smallest absolute Gasteiger partial charge is 0.237 e. The molecule has 20 heavy (non-hydrogen) atoms. The van der Waals surface area contributed by atoms with Crippen LogP contribution in [0.3, 0.4) is 0 Å². The first-order valence-corrected chi connectivity index (χ1v) is 7.12. The lowest BCUT2D eigenvalue weighted by molar-refractivity contribution is 0.385. The summed E-state index contributed by atoms with van der Waals surface area (Å²) in [5.41, 5.74) is 1.17. The number of aromatic nitrogens is 5. The van der Waals surface area contributed by atoms with Gasteiger partial charge in [-0.25, -0.2) is 0 Å². The van der Waals surface area contributed by atoms with E-state index in [0.717, 1.165) is 5.16 Å². The fourth-order valence-electron chi connectivity index (χ4n) is 1.73. The van der Waals surface area contributed by atoms with Gasteiger partial charge in [0, 0.05) is 13.5 Å². The standard InChI is InChI=1S/C13H13N5OS/c1-18-9-14-16-13(18)20-8-12-15-11(17-19-12)7-10-5-3-2-4-6-10/h2-6,9H,7-8H2,1H3. The Labute approximate surface area is 120 Å². The molecule has 0 aliphatic rings. The summed E-state index contributed by atoms with van der Waals surface area (Å²) in [6, 6.07) is 10.1. The molecule has 2 aromatic heterocycles. The second-order valence-corrected chi connectivity index (χ2v) is 5.22. The van der Waals surface area contributed by atoms with E-state index in [1.54, 1.807) is 6.33 Å². The number of benzene rings is 1. The molecule has 1 aromatic carbocycles. The molecule has 0 spiro atoms. The van der Waals surface area contributed by atoms with E-state index in [9.17, 15) is 0 Å². The van der Waals surface area contributed by atoms with Crippen molar-refractivity contribution in [2.24, 2.45) is 7.05 Å². The third-order valence-corrected chi connectivity index (χ3v) is 3.73. The number of aryl methyl sites for hydroxylation is 1. The second-order valence-electron chi connectivity index (χ2n) is 4.28. The van der Waals surface area contributed by atoms with Crippen molar-refractivity contribution in [1.29, 1.82) is 0 Å². The summed E-state index contributed by atoms with van der Waals surface area (Å²) in [7, 11) is 1.90. The third kappa shape index (κ3) is 3.05. The van der Waals surface area contributed by atoms with Crippen LogP contribution in [0.2, 0.25) is 0 Å². The highest BCUT2D eigenvalue weighted by atomic mass is 32.2. The van der Waals surface area contributed by atoms with Crippen LogP contribution in [-0.2, 0) is 19.2 Å². The first-order chi connectivity index (χ1) is 9.81. The molecule has 0 fully saturated rings. The van der Waals surface area contributed by atoms with Crippen LogP contribution in [-0.4, -0.2) is 24.9 Å². The van der Waals surface area contributed by atoms with Gasteiger partial charge in [-0.05, 0) is 5.56 Å². The predicted octanol–water partition coefficient (Wildman–Crippen LogP) is 2.08. The zero-order valence-corrected chi connectivity index (χ0v) is 11.7. The number of hydrogen-bond donors (Lipinski definition) is 0. The number of rotatable bonds is 5. The summed E-state index contributed by atoms with van der Waals surface area (Å²) in [6.45, 7) is 0. The summed E-state index contributed by atoms with van der Waals surface area (Å²) in [6.07, 6.45) is 2.34. The first kappa shape index (κ1) is 12.9. The number of hydrogen-bond acceptors (Lipinski definition) is 6. The van der Waals surface area contributed by atoms with Crippen molar-refractivity contribution in [3.63, 3.8) is 0 Å². The maximum atomic E-state index is 5.24. The molecule has 0 atom stereocenters. The Morgan fingerprint density at radius 1 is 1.25 bits per heavy atom. The average molecular weight is 287 g/mol. The van der Waals surface area contributed by atoms with Crippen LogP contribution in [0.25, 0.3) is 0 Å². The van der Waals surface area contributed by atoms with Gasteiger partial charge in [-0.15, -0.1) is 10.2 Å². The maximum absolute atomic E-state index is 5.24. The lowest BCUT2D eigenvalue weighted by Gasteiger charge is -1.96. The fraction of sp³-hybridized carbons (Fsp3) is 0.231. The van der Waals surface area contributed by atoms with E-state index in [1.807, 2.05) is 41.9 Å². The van der Waals surface area contributed by atoms with Gasteiger partial charge in [0.25, 0.3) is 0 Å². The summed E-state index contributed by atoms with van der Waals surface area (Å²) >= 11 is 1.52. The Hall–Kier alpha value is -2.15. The van der Waals surface area contributed by atoms with Gasteiger partial charge in [0.05, 0.1) is 5.75 Å². The molecule has 0 N–H and O–H groups in total. The molecular formula is C13H13N5OS. The highest BCUT2D eigenvalue weighted by Gasteiger charge is 2.09. The summed E-state index contributed by atoms with van der Waals surface area (Å²) < 4.78 is 7.09. The molecule has 0 saturated heterocycles. The van der Waals surface area contributed by atoms with Crippen LogP contribution < -0.4 is 0 Å². The van der Waals surface area contributed by atoms with Crippen LogP contribution >= 0.6 is 11.8 Å². The highest BCUT2D eigenvalue weighted by molar-refractivity contribution is 7.98. The van der Waals surface area contributed by atoms with E-state index >= 15 is 0 Å². The molecule has 7 heteroatoms. The van der Waals surface area contributed by atoms with Crippen LogP contribution in [0.5, 0.6) is 0 Å². The predicted molar refractivity (Wildman–Crippen MR) is 74.1 cm³/mol. The molecule has 0 unspecified atom stereocenters. The van der Waals surface area contributed by atoms with Crippen molar-refractivity contribution < 1.29 is 4.52 Å². The van der Waals surface area contributed by atoms with E-state index in [2.05, 4.69) is 20.3 Å². The molecule has 6 nitrogen and oxygen atoms in total. The largest absolute Gasteiger partial charge is 0.338 e. The van der Waals surface area contributed by atoms with E-state index in [0.29, 0.717) is 23.9 Å². The monoisotopic (exact) mass is 287 g/mol. The van der Waals surface area contributed by atoms with Crippen molar-refractivity contribution in [3.05, 3.63) is 53.9 Å². The van der Waals surface area contributed by atoms with Gasteiger partial charge in [0.15, 0.2) is 11.0 Å². The summed E-state index contributed by atoms with van der Waals surface area (Å²) in [5.74, 6) is 1.89. The Bertz CT molecular complexity index is 679. The Balaban J connectivity index is 1.61. The van der Waals surface area contributed by atoms with Gasteiger partial charge < -0.3 is 9.09 Å². The zero-order chi connectivity index (χ0) is 13.8. The van der Waals surface area contributed by atoms with E-state index in [4.69, 9.17) is 4.52 Å². The van der Waals surface area contributed by atoms with Gasteiger partial charge in [-0.2, -0.15) is 4.98 Å². The van der Waals surface area contributed by atoms with Gasteiger partial charge in [-0.3, -0.25) is 0 Å². The van der Waals surface area contributed by atoms with E-state index in [1.165, 1.54) is 17.3 Å². The molecule has 0 amide bonds. The van der Waals surface area contributed by atoms with Crippen molar-refractivity contribution in [2.45, 2.75) is 17.3 Å². The molecule has 3 rings (SSSR count). The van der Waals surface area contributed by atoms with Gasteiger partial charge in [0.2, 0.25) is 5.89 Å². The molecule has 0 bridgehead atoms. The number of thioether (sulfide) groups is 1. The van der Waals surface area contributed by atoms with Gasteiger partial charge in [0.1, 0.15) is 6.33 Å². The van der Waals surface area contributed by atoms with Crippen molar-refractivity contribution >= 4 is 11.8 Å². The fourth-order valence-corrected chi connectivity index (χ4v) is 2.45. The molecule has 0 saturated carbocycles. The lowest BCUT2D eigenvalue weighted by atomic mass is 10.1. The minimum atomic E-state index is 0.592. The molecule has 0 aliphatic heterocycles. The van der Waals surface area contributed by atoms with Crippen LogP contribution in [0.15, 0.2) is 46.3 Å². The minimum Gasteiger partial charge on any atom is -0.338 e. The van der Waals surface area contributed by atoms with Gasteiger partial charge in [-0.1, -0.05) is 47.3 Å². The van der Waals surface area contributed by atoms with Crippen molar-refractivity contribution in [2.75, 3.05) is 0 Å². The topological polar surface area (TPSA) is 69.6 Å². The maximum Gasteiger partial charge on any atom is 0.237 e. The first-order valence-electron chi connectivity index (χ1n) is 6.13. The minimum absolute atomic E-state index is 0.592. The van der Waals surface area contributed by atoms with Crippen LogP contribution in [0.4, 0.5) is 0 Å². The number of nitrogens with zero attached hydrogens (tertiary/aromatic N) is 5. The lowest BCUT2D eigenvalue weighted by Crippen LogP contribution is -1.92.